The van der Waals surface area contributed by atoms with Gasteiger partial charge in [-0.2, -0.15) is 0 Å². The van der Waals surface area contributed by atoms with E-state index in [9.17, 15) is 0 Å². The second kappa shape index (κ2) is 4.95. The first-order chi connectivity index (χ1) is 7.65. The lowest BCUT2D eigenvalue weighted by atomic mass is 9.76. The molecule has 1 saturated carbocycles. The maximum absolute atomic E-state index is 6.41. The maximum atomic E-state index is 6.41. The molecule has 1 atom stereocenters. The van der Waals surface area contributed by atoms with Crippen molar-refractivity contribution in [3.05, 3.63) is 34.9 Å². The normalized spacial score (nSPS) is 20.2. The fraction of sp³-hybridized carbons (Fsp3) is 0.538. The number of benzene rings is 1. The SMILES string of the molecule is COC1(CC(Cl)c2ccc(Cl)cc2)CCC1. The van der Waals surface area contributed by atoms with Crippen LogP contribution in [0.4, 0.5) is 0 Å². The first-order valence-electron chi connectivity index (χ1n) is 5.60. The van der Waals surface area contributed by atoms with E-state index in [0.29, 0.717) is 0 Å². The number of ether oxygens (including phenoxy) is 1. The van der Waals surface area contributed by atoms with Crippen LogP contribution in [-0.2, 0) is 4.74 Å². The fourth-order valence-electron chi connectivity index (χ4n) is 2.18. The lowest BCUT2D eigenvalue weighted by Crippen LogP contribution is -2.39. The Morgan fingerprint density at radius 3 is 2.38 bits per heavy atom. The summed E-state index contributed by atoms with van der Waals surface area (Å²) < 4.78 is 5.58. The molecular weight excluding hydrogens is 243 g/mol. The van der Waals surface area contributed by atoms with Crippen molar-refractivity contribution >= 4 is 23.2 Å². The van der Waals surface area contributed by atoms with E-state index in [4.69, 9.17) is 27.9 Å². The predicted molar refractivity (Wildman–Crippen MR) is 68.3 cm³/mol. The highest BCUT2D eigenvalue weighted by molar-refractivity contribution is 6.30. The van der Waals surface area contributed by atoms with Crippen molar-refractivity contribution in [2.75, 3.05) is 7.11 Å². The van der Waals surface area contributed by atoms with Gasteiger partial charge in [0, 0.05) is 12.1 Å². The Morgan fingerprint density at radius 2 is 1.94 bits per heavy atom. The minimum atomic E-state index is 0.0116. The molecule has 2 rings (SSSR count). The third kappa shape index (κ3) is 2.53. The van der Waals surface area contributed by atoms with E-state index >= 15 is 0 Å². The van der Waals surface area contributed by atoms with Crippen LogP contribution in [0, 0.1) is 0 Å². The summed E-state index contributed by atoms with van der Waals surface area (Å²) in [6.07, 6.45) is 4.38. The quantitative estimate of drug-likeness (QED) is 0.719. The molecule has 1 fully saturated rings. The summed E-state index contributed by atoms with van der Waals surface area (Å²) in [6, 6.07) is 7.74. The molecular formula is C13H16Cl2O. The average molecular weight is 259 g/mol. The van der Waals surface area contributed by atoms with Gasteiger partial charge in [0.05, 0.1) is 11.0 Å². The van der Waals surface area contributed by atoms with Gasteiger partial charge in [0.2, 0.25) is 0 Å². The summed E-state index contributed by atoms with van der Waals surface area (Å²) in [4.78, 5) is 0. The number of halogens is 2. The summed E-state index contributed by atoms with van der Waals surface area (Å²) in [6.45, 7) is 0. The first kappa shape index (κ1) is 12.2. The van der Waals surface area contributed by atoms with Gasteiger partial charge in [-0.3, -0.25) is 0 Å². The summed E-state index contributed by atoms with van der Waals surface area (Å²) in [5.74, 6) is 0. The molecule has 0 bridgehead atoms. The number of alkyl halides is 1. The van der Waals surface area contributed by atoms with Crippen molar-refractivity contribution < 1.29 is 4.74 Å². The third-order valence-electron chi connectivity index (χ3n) is 3.48. The van der Waals surface area contributed by atoms with E-state index in [0.717, 1.165) is 29.8 Å². The molecule has 0 N–H and O–H groups in total. The molecule has 0 amide bonds. The zero-order valence-electron chi connectivity index (χ0n) is 9.38. The summed E-state index contributed by atoms with van der Waals surface area (Å²) in [5.41, 5.74) is 1.14. The average Bonchev–Trinajstić information content (AvgIpc) is 2.24. The topological polar surface area (TPSA) is 9.23 Å². The Labute approximate surface area is 107 Å². The first-order valence-corrected chi connectivity index (χ1v) is 6.41. The van der Waals surface area contributed by atoms with Crippen LogP contribution in [0.15, 0.2) is 24.3 Å². The molecule has 88 valence electrons. The molecule has 1 aromatic rings. The number of rotatable bonds is 4. The lowest BCUT2D eigenvalue weighted by molar-refractivity contribution is -0.0780. The Hall–Kier alpha value is -0.240. The van der Waals surface area contributed by atoms with Crippen LogP contribution < -0.4 is 0 Å². The van der Waals surface area contributed by atoms with Crippen LogP contribution >= 0.6 is 23.2 Å². The Bertz CT molecular complexity index is 338. The van der Waals surface area contributed by atoms with Gasteiger partial charge in [0.25, 0.3) is 0 Å². The van der Waals surface area contributed by atoms with Gasteiger partial charge in [-0.25, -0.2) is 0 Å². The standard InChI is InChI=1S/C13H16Cl2O/c1-16-13(7-2-8-13)9-12(15)10-3-5-11(14)6-4-10/h3-6,12H,2,7-9H2,1H3. The molecule has 1 aliphatic carbocycles. The molecule has 1 nitrogen and oxygen atoms in total. The minimum absolute atomic E-state index is 0.0116. The molecule has 1 aliphatic rings. The van der Waals surface area contributed by atoms with Crippen molar-refractivity contribution in [3.63, 3.8) is 0 Å². The molecule has 16 heavy (non-hydrogen) atoms. The molecule has 0 aliphatic heterocycles. The molecule has 0 aromatic heterocycles. The van der Waals surface area contributed by atoms with E-state index in [1.54, 1.807) is 7.11 Å². The van der Waals surface area contributed by atoms with E-state index in [1.807, 2.05) is 24.3 Å². The van der Waals surface area contributed by atoms with Gasteiger partial charge >= 0.3 is 0 Å². The number of methoxy groups -OCH3 is 1. The van der Waals surface area contributed by atoms with Crippen LogP contribution in [0.3, 0.4) is 0 Å². The van der Waals surface area contributed by atoms with Gasteiger partial charge in [-0.1, -0.05) is 23.7 Å². The molecule has 0 saturated heterocycles. The van der Waals surface area contributed by atoms with Crippen molar-refractivity contribution in [2.45, 2.75) is 36.7 Å². The third-order valence-corrected chi connectivity index (χ3v) is 4.14. The Kier molecular flexibility index (Phi) is 3.78. The lowest BCUT2D eigenvalue weighted by Gasteiger charge is -2.41. The van der Waals surface area contributed by atoms with Gasteiger partial charge < -0.3 is 4.74 Å². The fourth-order valence-corrected chi connectivity index (χ4v) is 2.73. The second-order valence-corrected chi connectivity index (χ2v) is 5.43. The predicted octanol–water partition coefficient (Wildman–Crippen LogP) is 4.58. The van der Waals surface area contributed by atoms with Crippen LogP contribution in [0.25, 0.3) is 0 Å². The van der Waals surface area contributed by atoms with Gasteiger partial charge in [0.15, 0.2) is 0 Å². The molecule has 3 heteroatoms. The Morgan fingerprint density at radius 1 is 1.31 bits per heavy atom. The van der Waals surface area contributed by atoms with Crippen molar-refractivity contribution in [1.29, 1.82) is 0 Å². The van der Waals surface area contributed by atoms with Crippen molar-refractivity contribution in [2.24, 2.45) is 0 Å². The highest BCUT2D eigenvalue weighted by Crippen LogP contribution is 2.43. The number of hydrogen-bond donors (Lipinski definition) is 0. The van der Waals surface area contributed by atoms with Crippen molar-refractivity contribution in [1.82, 2.24) is 0 Å². The highest BCUT2D eigenvalue weighted by Gasteiger charge is 2.38. The smallest absolute Gasteiger partial charge is 0.0696 e. The zero-order valence-corrected chi connectivity index (χ0v) is 10.9. The summed E-state index contributed by atoms with van der Waals surface area (Å²) in [7, 11) is 1.78. The molecule has 0 spiro atoms. The van der Waals surface area contributed by atoms with E-state index in [2.05, 4.69) is 0 Å². The minimum Gasteiger partial charge on any atom is -0.378 e. The monoisotopic (exact) mass is 258 g/mol. The largest absolute Gasteiger partial charge is 0.378 e. The Balaban J connectivity index is 2.02. The zero-order chi connectivity index (χ0) is 11.6. The summed E-state index contributed by atoms with van der Waals surface area (Å²) in [5, 5.41) is 0.759. The molecule has 1 aromatic carbocycles. The van der Waals surface area contributed by atoms with Crippen LogP contribution in [-0.4, -0.2) is 12.7 Å². The van der Waals surface area contributed by atoms with Gasteiger partial charge in [-0.05, 0) is 43.4 Å². The van der Waals surface area contributed by atoms with E-state index in [-0.39, 0.29) is 11.0 Å². The molecule has 1 unspecified atom stereocenters. The van der Waals surface area contributed by atoms with E-state index < -0.39 is 0 Å². The summed E-state index contributed by atoms with van der Waals surface area (Å²) >= 11 is 12.3. The van der Waals surface area contributed by atoms with Crippen molar-refractivity contribution in [3.8, 4) is 0 Å². The van der Waals surface area contributed by atoms with Crippen LogP contribution in [0.2, 0.25) is 5.02 Å². The molecule has 0 heterocycles. The van der Waals surface area contributed by atoms with Gasteiger partial charge in [-0.15, -0.1) is 11.6 Å². The highest BCUT2D eigenvalue weighted by atomic mass is 35.5. The second-order valence-electron chi connectivity index (χ2n) is 4.46. The van der Waals surface area contributed by atoms with E-state index in [1.165, 1.54) is 6.42 Å². The maximum Gasteiger partial charge on any atom is 0.0696 e. The van der Waals surface area contributed by atoms with Crippen LogP contribution in [0.1, 0.15) is 36.6 Å². The van der Waals surface area contributed by atoms with Crippen LogP contribution in [0.5, 0.6) is 0 Å². The number of hydrogen-bond acceptors (Lipinski definition) is 1. The molecule has 0 radical (unpaired) electrons. The van der Waals surface area contributed by atoms with Gasteiger partial charge in [0.1, 0.15) is 0 Å².